The molecule has 0 radical (unpaired) electrons. The number of hydrogen-bond donors (Lipinski definition) is 3. The Kier molecular flexibility index (Phi) is 5.96. The minimum Gasteiger partial charge on any atom is -0.384 e. The van der Waals surface area contributed by atoms with E-state index in [-0.39, 0.29) is 24.2 Å². The molecule has 0 atom stereocenters. The van der Waals surface area contributed by atoms with Gasteiger partial charge >= 0.3 is 0 Å². The monoisotopic (exact) mass is 468 g/mol. The van der Waals surface area contributed by atoms with Crippen LogP contribution in [0.1, 0.15) is 21.6 Å². The van der Waals surface area contributed by atoms with Crippen LogP contribution in [0.25, 0.3) is 21.7 Å². The molecule has 0 spiro atoms. The van der Waals surface area contributed by atoms with Gasteiger partial charge in [0.05, 0.1) is 6.54 Å². The highest BCUT2D eigenvalue weighted by molar-refractivity contribution is 6.02. The first-order chi connectivity index (χ1) is 17.0. The SMILES string of the molecule is N=C(N)c1ccc2cc(C(=O)N3CCN(C(=O)CN)CC3)n(Cc3cccc4ccccc34)c2c1. The lowest BCUT2D eigenvalue weighted by atomic mass is 10.0. The first kappa shape index (κ1) is 22.6. The molecule has 1 aliphatic heterocycles. The number of rotatable bonds is 5. The second-order valence-corrected chi connectivity index (χ2v) is 8.82. The van der Waals surface area contributed by atoms with E-state index in [1.165, 1.54) is 0 Å². The maximum atomic E-state index is 13.7. The van der Waals surface area contributed by atoms with Gasteiger partial charge in [0.25, 0.3) is 5.91 Å². The minimum atomic E-state index is -0.0982. The highest BCUT2D eigenvalue weighted by Crippen LogP contribution is 2.27. The number of nitrogens with two attached hydrogens (primary N) is 2. The van der Waals surface area contributed by atoms with E-state index in [4.69, 9.17) is 16.9 Å². The van der Waals surface area contributed by atoms with Crippen LogP contribution in [0.5, 0.6) is 0 Å². The molecule has 8 heteroatoms. The quantitative estimate of drug-likeness (QED) is 0.307. The Hall–Kier alpha value is -4.17. The number of carbonyl (C=O) groups is 2. The van der Waals surface area contributed by atoms with E-state index < -0.39 is 0 Å². The number of carbonyl (C=O) groups excluding carboxylic acids is 2. The fourth-order valence-electron chi connectivity index (χ4n) is 4.82. The van der Waals surface area contributed by atoms with Crippen molar-refractivity contribution in [1.29, 1.82) is 5.41 Å². The van der Waals surface area contributed by atoms with Crippen LogP contribution in [0.15, 0.2) is 66.7 Å². The third-order valence-corrected chi connectivity index (χ3v) is 6.74. The van der Waals surface area contributed by atoms with Gasteiger partial charge < -0.3 is 25.8 Å². The summed E-state index contributed by atoms with van der Waals surface area (Å²) >= 11 is 0. The topological polar surface area (TPSA) is 121 Å². The Balaban J connectivity index is 1.56. The lowest BCUT2D eigenvalue weighted by molar-refractivity contribution is -0.131. The van der Waals surface area contributed by atoms with Gasteiger partial charge in [-0.15, -0.1) is 0 Å². The van der Waals surface area contributed by atoms with Crippen LogP contribution >= 0.6 is 0 Å². The third-order valence-electron chi connectivity index (χ3n) is 6.74. The van der Waals surface area contributed by atoms with Crippen molar-refractivity contribution in [3.63, 3.8) is 0 Å². The molecule has 1 aromatic heterocycles. The van der Waals surface area contributed by atoms with E-state index in [9.17, 15) is 9.59 Å². The number of hydrogen-bond acceptors (Lipinski definition) is 4. The molecular formula is C27H28N6O2. The van der Waals surface area contributed by atoms with E-state index in [1.807, 2.05) is 41.0 Å². The van der Waals surface area contributed by atoms with Crippen molar-refractivity contribution in [3.05, 3.63) is 83.6 Å². The fourth-order valence-corrected chi connectivity index (χ4v) is 4.82. The Bertz CT molecular complexity index is 1440. The zero-order valence-corrected chi connectivity index (χ0v) is 19.4. The normalized spacial score (nSPS) is 14.0. The molecule has 0 unspecified atom stereocenters. The van der Waals surface area contributed by atoms with E-state index in [2.05, 4.69) is 24.3 Å². The number of amides is 2. The molecule has 5 rings (SSSR count). The van der Waals surface area contributed by atoms with Crippen molar-refractivity contribution in [2.75, 3.05) is 32.7 Å². The second-order valence-electron chi connectivity index (χ2n) is 8.82. The van der Waals surface area contributed by atoms with Crippen LogP contribution in [0, 0.1) is 5.41 Å². The molecule has 35 heavy (non-hydrogen) atoms. The molecule has 2 amide bonds. The van der Waals surface area contributed by atoms with Gasteiger partial charge in [0.15, 0.2) is 0 Å². The smallest absolute Gasteiger partial charge is 0.270 e. The highest BCUT2D eigenvalue weighted by atomic mass is 16.2. The Morgan fingerprint density at radius 2 is 1.57 bits per heavy atom. The van der Waals surface area contributed by atoms with Crippen LogP contribution in [-0.2, 0) is 11.3 Å². The van der Waals surface area contributed by atoms with Crippen molar-refractivity contribution in [2.24, 2.45) is 11.5 Å². The summed E-state index contributed by atoms with van der Waals surface area (Å²) in [6.07, 6.45) is 0. The largest absolute Gasteiger partial charge is 0.384 e. The number of piperazine rings is 1. The van der Waals surface area contributed by atoms with Crippen molar-refractivity contribution in [2.45, 2.75) is 6.54 Å². The zero-order chi connectivity index (χ0) is 24.5. The summed E-state index contributed by atoms with van der Waals surface area (Å²) in [5, 5.41) is 11.1. The minimum absolute atomic E-state index is 0.0154. The summed E-state index contributed by atoms with van der Waals surface area (Å²) in [7, 11) is 0. The second kappa shape index (κ2) is 9.23. The average molecular weight is 469 g/mol. The van der Waals surface area contributed by atoms with Crippen molar-refractivity contribution < 1.29 is 9.59 Å². The van der Waals surface area contributed by atoms with Crippen LogP contribution < -0.4 is 11.5 Å². The molecule has 4 aromatic rings. The van der Waals surface area contributed by atoms with Gasteiger partial charge in [-0.1, -0.05) is 54.6 Å². The van der Waals surface area contributed by atoms with Crippen LogP contribution in [0.3, 0.4) is 0 Å². The standard InChI is InChI=1S/C27H28N6O2/c28-16-25(34)31-10-12-32(13-11-31)27(35)24-14-19-8-9-20(26(29)30)15-23(19)33(24)17-21-6-3-5-18-4-1-2-7-22(18)21/h1-9,14-15H,10-13,16-17,28H2,(H3,29,30). The molecule has 0 aliphatic carbocycles. The Morgan fingerprint density at radius 3 is 2.31 bits per heavy atom. The first-order valence-corrected chi connectivity index (χ1v) is 11.7. The van der Waals surface area contributed by atoms with E-state index >= 15 is 0 Å². The van der Waals surface area contributed by atoms with Gasteiger partial charge in [0, 0.05) is 49.2 Å². The van der Waals surface area contributed by atoms with Gasteiger partial charge in [-0.25, -0.2) is 0 Å². The molecule has 178 valence electrons. The molecule has 2 heterocycles. The summed E-state index contributed by atoms with van der Waals surface area (Å²) in [6.45, 7) is 2.34. The number of benzene rings is 3. The third kappa shape index (κ3) is 4.24. The highest BCUT2D eigenvalue weighted by Gasteiger charge is 2.27. The number of fused-ring (bicyclic) bond motifs is 2. The summed E-state index contributed by atoms with van der Waals surface area (Å²) in [5.74, 6) is -0.192. The summed E-state index contributed by atoms with van der Waals surface area (Å²) < 4.78 is 2.02. The lowest BCUT2D eigenvalue weighted by Gasteiger charge is -2.34. The number of nitrogens with zero attached hydrogens (tertiary/aromatic N) is 3. The number of aromatic nitrogens is 1. The molecule has 5 N–H and O–H groups in total. The van der Waals surface area contributed by atoms with Crippen LogP contribution in [-0.4, -0.2) is 64.7 Å². The molecule has 0 saturated carbocycles. The summed E-state index contributed by atoms with van der Waals surface area (Å²) in [6, 6.07) is 21.9. The summed E-state index contributed by atoms with van der Waals surface area (Å²) in [4.78, 5) is 29.2. The molecule has 1 fully saturated rings. The fraction of sp³-hybridized carbons (Fsp3) is 0.222. The van der Waals surface area contributed by atoms with Gasteiger partial charge in [-0.3, -0.25) is 15.0 Å². The first-order valence-electron chi connectivity index (χ1n) is 11.7. The maximum absolute atomic E-state index is 13.7. The summed E-state index contributed by atoms with van der Waals surface area (Å²) in [5.41, 5.74) is 14.4. The molecule has 8 nitrogen and oxygen atoms in total. The van der Waals surface area contributed by atoms with E-state index in [0.717, 1.165) is 27.2 Å². The van der Waals surface area contributed by atoms with E-state index in [0.29, 0.717) is 44.0 Å². The maximum Gasteiger partial charge on any atom is 0.270 e. The predicted molar refractivity (Wildman–Crippen MR) is 138 cm³/mol. The molecule has 0 bridgehead atoms. The molecule has 1 aliphatic rings. The van der Waals surface area contributed by atoms with Crippen molar-refractivity contribution >= 4 is 39.3 Å². The average Bonchev–Trinajstić information content (AvgIpc) is 3.25. The number of nitrogen functional groups attached to an aromatic ring is 1. The van der Waals surface area contributed by atoms with Crippen LogP contribution in [0.4, 0.5) is 0 Å². The van der Waals surface area contributed by atoms with Crippen LogP contribution in [0.2, 0.25) is 0 Å². The number of amidine groups is 1. The molecule has 3 aromatic carbocycles. The van der Waals surface area contributed by atoms with Crippen molar-refractivity contribution in [1.82, 2.24) is 14.4 Å². The lowest BCUT2D eigenvalue weighted by Crippen LogP contribution is -2.52. The van der Waals surface area contributed by atoms with Gasteiger partial charge in [0.2, 0.25) is 5.91 Å². The molecule has 1 saturated heterocycles. The van der Waals surface area contributed by atoms with E-state index in [1.54, 1.807) is 15.9 Å². The Morgan fingerprint density at radius 1 is 0.857 bits per heavy atom. The number of nitrogens with one attached hydrogen (secondary N) is 1. The zero-order valence-electron chi connectivity index (χ0n) is 19.4. The Labute approximate surface area is 203 Å². The van der Waals surface area contributed by atoms with Crippen molar-refractivity contribution in [3.8, 4) is 0 Å². The predicted octanol–water partition coefficient (Wildman–Crippen LogP) is 2.37. The van der Waals surface area contributed by atoms with Gasteiger partial charge in [0.1, 0.15) is 11.5 Å². The van der Waals surface area contributed by atoms with Gasteiger partial charge in [-0.05, 0) is 28.5 Å². The molecular weight excluding hydrogens is 440 g/mol. The van der Waals surface area contributed by atoms with Gasteiger partial charge in [-0.2, -0.15) is 0 Å².